The molecule has 0 saturated heterocycles. The Kier molecular flexibility index (Phi) is 2.96. The lowest BCUT2D eigenvalue weighted by Gasteiger charge is -2.22. The summed E-state index contributed by atoms with van der Waals surface area (Å²) in [6.45, 7) is 2.65. The van der Waals surface area contributed by atoms with Gasteiger partial charge in [-0.25, -0.2) is 9.97 Å². The van der Waals surface area contributed by atoms with Gasteiger partial charge in [-0.3, -0.25) is 0 Å². The maximum absolute atomic E-state index is 5.93. The van der Waals surface area contributed by atoms with E-state index in [-0.39, 0.29) is 0 Å². The van der Waals surface area contributed by atoms with Crippen molar-refractivity contribution in [3.8, 4) is 0 Å². The normalized spacial score (nSPS) is 14.8. The lowest BCUT2D eigenvalue weighted by Crippen LogP contribution is -2.26. The lowest BCUT2D eigenvalue weighted by molar-refractivity contribution is 0.500. The summed E-state index contributed by atoms with van der Waals surface area (Å²) in [5, 5.41) is 0.301. The second-order valence-corrected chi connectivity index (χ2v) is 4.91. The van der Waals surface area contributed by atoms with Gasteiger partial charge in [-0.1, -0.05) is 0 Å². The van der Waals surface area contributed by atoms with Gasteiger partial charge in [0.1, 0.15) is 11.6 Å². The Morgan fingerprint density at radius 2 is 2.28 bits per heavy atom. The number of hydrogen-bond donors (Lipinski definition) is 0. The summed E-state index contributed by atoms with van der Waals surface area (Å²) in [6, 6.07) is 6.39. The Bertz CT molecular complexity index is 517. The van der Waals surface area contributed by atoms with E-state index in [1.165, 1.54) is 12.8 Å². The molecule has 1 aliphatic rings. The fourth-order valence-electron chi connectivity index (χ4n) is 2.02. The van der Waals surface area contributed by atoms with E-state index in [0.717, 1.165) is 23.8 Å². The minimum atomic E-state index is 0.301. The smallest absolute Gasteiger partial charge is 0.224 e. The lowest BCUT2D eigenvalue weighted by atomic mass is 10.3. The highest BCUT2D eigenvalue weighted by Gasteiger charge is 2.31. The Morgan fingerprint density at radius 3 is 2.89 bits per heavy atom. The number of halogens is 1. The fraction of sp³-hybridized carbons (Fsp3) is 0.385. The average Bonchev–Trinajstić information content (AvgIpc) is 3.02. The van der Waals surface area contributed by atoms with Crippen LogP contribution < -0.4 is 4.90 Å². The van der Waals surface area contributed by atoms with Gasteiger partial charge in [0.25, 0.3) is 0 Å². The number of furan rings is 1. The zero-order chi connectivity index (χ0) is 12.5. The number of aromatic nitrogens is 2. The second kappa shape index (κ2) is 4.61. The third kappa shape index (κ3) is 2.48. The van der Waals surface area contributed by atoms with Crippen LogP contribution in [0.3, 0.4) is 0 Å². The second-order valence-electron chi connectivity index (χ2n) is 4.57. The van der Waals surface area contributed by atoms with Gasteiger partial charge in [0, 0.05) is 17.8 Å². The molecule has 4 nitrogen and oxygen atoms in total. The van der Waals surface area contributed by atoms with Gasteiger partial charge in [-0.2, -0.15) is 0 Å². The average molecular weight is 264 g/mol. The number of anilines is 1. The van der Waals surface area contributed by atoms with E-state index < -0.39 is 0 Å². The molecule has 1 fully saturated rings. The maximum Gasteiger partial charge on any atom is 0.224 e. The molecule has 3 rings (SSSR count). The highest BCUT2D eigenvalue weighted by Crippen LogP contribution is 2.32. The molecule has 0 aliphatic heterocycles. The van der Waals surface area contributed by atoms with Crippen LogP contribution in [0.4, 0.5) is 5.82 Å². The zero-order valence-corrected chi connectivity index (χ0v) is 10.9. The van der Waals surface area contributed by atoms with Crippen LogP contribution >= 0.6 is 11.6 Å². The van der Waals surface area contributed by atoms with Crippen molar-refractivity contribution < 1.29 is 4.42 Å². The van der Waals surface area contributed by atoms with Crippen molar-refractivity contribution in [1.29, 1.82) is 0 Å². The molecule has 0 unspecified atom stereocenters. The Labute approximate surface area is 111 Å². The van der Waals surface area contributed by atoms with Crippen LogP contribution in [0.2, 0.25) is 5.28 Å². The van der Waals surface area contributed by atoms with Crippen molar-refractivity contribution in [2.24, 2.45) is 0 Å². The Balaban J connectivity index is 1.89. The quantitative estimate of drug-likeness (QED) is 0.795. The van der Waals surface area contributed by atoms with E-state index in [9.17, 15) is 0 Å². The minimum absolute atomic E-state index is 0.301. The Morgan fingerprint density at radius 1 is 1.44 bits per heavy atom. The summed E-state index contributed by atoms with van der Waals surface area (Å²) in [6.07, 6.45) is 4.08. The predicted molar refractivity (Wildman–Crippen MR) is 69.7 cm³/mol. The van der Waals surface area contributed by atoms with Crippen LogP contribution in [-0.2, 0) is 6.54 Å². The first kappa shape index (κ1) is 11.5. The molecule has 0 spiro atoms. The van der Waals surface area contributed by atoms with E-state index in [4.69, 9.17) is 16.0 Å². The van der Waals surface area contributed by atoms with Crippen LogP contribution in [0.5, 0.6) is 0 Å². The summed E-state index contributed by atoms with van der Waals surface area (Å²) < 4.78 is 5.41. The number of rotatable bonds is 4. The van der Waals surface area contributed by atoms with E-state index in [2.05, 4.69) is 14.9 Å². The van der Waals surface area contributed by atoms with Crippen molar-refractivity contribution in [2.45, 2.75) is 32.4 Å². The summed E-state index contributed by atoms with van der Waals surface area (Å²) >= 11 is 5.93. The number of aryl methyl sites for hydroxylation is 1. The molecule has 2 heterocycles. The van der Waals surface area contributed by atoms with Gasteiger partial charge in [-0.05, 0) is 43.5 Å². The molecule has 0 amide bonds. The monoisotopic (exact) mass is 263 g/mol. The molecule has 1 aliphatic carbocycles. The maximum atomic E-state index is 5.93. The van der Waals surface area contributed by atoms with Crippen LogP contribution in [0, 0.1) is 6.92 Å². The van der Waals surface area contributed by atoms with Gasteiger partial charge in [0.15, 0.2) is 0 Å². The SMILES string of the molecule is Cc1cc(N(Cc2ccco2)C2CC2)nc(Cl)n1. The standard InChI is InChI=1S/C13H14ClN3O/c1-9-7-12(16-13(14)15-9)17(10-4-5-10)8-11-3-2-6-18-11/h2-3,6-7,10H,4-5,8H2,1H3. The largest absolute Gasteiger partial charge is 0.467 e. The molecule has 2 aromatic heterocycles. The minimum Gasteiger partial charge on any atom is -0.467 e. The number of hydrogen-bond acceptors (Lipinski definition) is 4. The molecule has 0 radical (unpaired) electrons. The predicted octanol–water partition coefficient (Wildman–Crippen LogP) is 3.20. The summed E-state index contributed by atoms with van der Waals surface area (Å²) in [5.41, 5.74) is 0.884. The molecule has 5 heteroatoms. The summed E-state index contributed by atoms with van der Waals surface area (Å²) in [5.74, 6) is 1.82. The fourth-order valence-corrected chi connectivity index (χ4v) is 2.24. The first-order chi connectivity index (χ1) is 8.72. The Hall–Kier alpha value is -1.55. The van der Waals surface area contributed by atoms with Gasteiger partial charge >= 0.3 is 0 Å². The summed E-state index contributed by atoms with van der Waals surface area (Å²) in [7, 11) is 0. The molecule has 0 atom stereocenters. The molecule has 2 aromatic rings. The molecule has 0 N–H and O–H groups in total. The molecule has 94 valence electrons. The topological polar surface area (TPSA) is 42.2 Å². The first-order valence-corrected chi connectivity index (χ1v) is 6.40. The molecule has 0 aromatic carbocycles. The molecule has 1 saturated carbocycles. The molecular formula is C13H14ClN3O. The van der Waals surface area contributed by atoms with Gasteiger partial charge in [-0.15, -0.1) is 0 Å². The zero-order valence-electron chi connectivity index (χ0n) is 10.1. The van der Waals surface area contributed by atoms with Crippen molar-refractivity contribution >= 4 is 17.4 Å². The van der Waals surface area contributed by atoms with Crippen molar-refractivity contribution in [1.82, 2.24) is 9.97 Å². The van der Waals surface area contributed by atoms with Crippen LogP contribution in [0.1, 0.15) is 24.3 Å². The van der Waals surface area contributed by atoms with Crippen LogP contribution in [-0.4, -0.2) is 16.0 Å². The van der Waals surface area contributed by atoms with Gasteiger partial charge in [0.2, 0.25) is 5.28 Å². The van der Waals surface area contributed by atoms with Gasteiger partial charge < -0.3 is 9.32 Å². The first-order valence-electron chi connectivity index (χ1n) is 6.02. The van der Waals surface area contributed by atoms with Gasteiger partial charge in [0.05, 0.1) is 12.8 Å². The van der Waals surface area contributed by atoms with Crippen LogP contribution in [0.15, 0.2) is 28.9 Å². The van der Waals surface area contributed by atoms with E-state index in [0.29, 0.717) is 11.3 Å². The third-order valence-corrected chi connectivity index (χ3v) is 3.17. The van der Waals surface area contributed by atoms with E-state index >= 15 is 0 Å². The molecular weight excluding hydrogens is 250 g/mol. The highest BCUT2D eigenvalue weighted by atomic mass is 35.5. The molecule has 18 heavy (non-hydrogen) atoms. The highest BCUT2D eigenvalue weighted by molar-refractivity contribution is 6.28. The number of nitrogens with zero attached hydrogens (tertiary/aromatic N) is 3. The summed E-state index contributed by atoms with van der Waals surface area (Å²) in [4.78, 5) is 10.6. The van der Waals surface area contributed by atoms with E-state index in [1.807, 2.05) is 25.1 Å². The van der Waals surface area contributed by atoms with Crippen molar-refractivity contribution in [3.05, 3.63) is 41.2 Å². The van der Waals surface area contributed by atoms with E-state index in [1.54, 1.807) is 6.26 Å². The third-order valence-electron chi connectivity index (χ3n) is 3.00. The van der Waals surface area contributed by atoms with Crippen molar-refractivity contribution in [2.75, 3.05) is 4.90 Å². The van der Waals surface area contributed by atoms with Crippen LogP contribution in [0.25, 0.3) is 0 Å². The molecule has 0 bridgehead atoms. The van der Waals surface area contributed by atoms with Crippen molar-refractivity contribution in [3.63, 3.8) is 0 Å².